The lowest BCUT2D eigenvalue weighted by molar-refractivity contribution is -0.132. The predicted octanol–water partition coefficient (Wildman–Crippen LogP) is 3.14. The molecule has 5 rings (SSSR count). The van der Waals surface area contributed by atoms with Crippen molar-refractivity contribution in [3.05, 3.63) is 64.4 Å². The third-order valence-corrected chi connectivity index (χ3v) is 6.71. The van der Waals surface area contributed by atoms with Crippen LogP contribution in [0.4, 0.5) is 0 Å². The minimum atomic E-state index is -0.0913. The zero-order valence-electron chi connectivity index (χ0n) is 19.9. The second kappa shape index (κ2) is 8.87. The number of carbonyl (C=O) groups excluding carboxylic acids is 2. The number of nitriles is 1. The van der Waals surface area contributed by atoms with E-state index in [1.54, 1.807) is 28.0 Å². The predicted molar refractivity (Wildman–Crippen MR) is 129 cm³/mol. The summed E-state index contributed by atoms with van der Waals surface area (Å²) in [5.41, 5.74) is 5.43. The van der Waals surface area contributed by atoms with Gasteiger partial charge in [-0.2, -0.15) is 5.26 Å². The molecule has 1 aromatic heterocycles. The maximum absolute atomic E-state index is 13.0. The zero-order valence-corrected chi connectivity index (χ0v) is 19.9. The van der Waals surface area contributed by atoms with Crippen molar-refractivity contribution >= 4 is 22.8 Å². The number of aryl methyl sites for hydroxylation is 1. The number of amides is 2. The largest absolute Gasteiger partial charge is 0.483 e. The fraction of sp³-hybridized carbons (Fsp3) is 0.346. The van der Waals surface area contributed by atoms with Gasteiger partial charge in [0.15, 0.2) is 6.61 Å². The van der Waals surface area contributed by atoms with Gasteiger partial charge in [-0.05, 0) is 59.9 Å². The Labute approximate surface area is 203 Å². The fourth-order valence-corrected chi connectivity index (χ4v) is 4.71. The normalized spacial score (nSPS) is 17.0. The smallest absolute Gasteiger partial charge is 0.260 e. The second-order valence-electron chi connectivity index (χ2n) is 9.44. The fourth-order valence-electron chi connectivity index (χ4n) is 4.71. The molecule has 2 aliphatic rings. The van der Waals surface area contributed by atoms with Crippen LogP contribution in [0.5, 0.6) is 5.75 Å². The summed E-state index contributed by atoms with van der Waals surface area (Å²) >= 11 is 0. The van der Waals surface area contributed by atoms with E-state index in [9.17, 15) is 14.9 Å². The van der Waals surface area contributed by atoms with E-state index in [2.05, 4.69) is 21.5 Å². The van der Waals surface area contributed by atoms with Gasteiger partial charge in [-0.3, -0.25) is 14.7 Å². The standard InChI is InChI=1S/C26H26N6O3/c1-15(2)21-7-18(9-27)16(3)6-24(21)35-14-25(33)31-10-19-12-32(13-20(19)11-31)26(34)17-4-5-22-23(8-17)29-30-28-22/h4-8,12,15,20H,10-11,13-14H2,1-3H3,(H,28,29,30)/t20-/m0/s1. The average molecular weight is 471 g/mol. The van der Waals surface area contributed by atoms with Gasteiger partial charge in [0.05, 0.1) is 17.1 Å². The van der Waals surface area contributed by atoms with Crippen LogP contribution < -0.4 is 4.74 Å². The molecule has 2 amide bonds. The number of hydrogen-bond donors (Lipinski definition) is 1. The molecule has 0 radical (unpaired) electrons. The first-order chi connectivity index (χ1) is 16.8. The highest BCUT2D eigenvalue weighted by Crippen LogP contribution is 2.32. The Bertz CT molecular complexity index is 1400. The molecular formula is C26H26N6O3. The van der Waals surface area contributed by atoms with Gasteiger partial charge in [0.2, 0.25) is 0 Å². The zero-order chi connectivity index (χ0) is 24.7. The average Bonchev–Trinajstić information content (AvgIpc) is 3.56. The number of hydrogen-bond acceptors (Lipinski definition) is 6. The Morgan fingerprint density at radius 2 is 2.09 bits per heavy atom. The van der Waals surface area contributed by atoms with Gasteiger partial charge in [0.1, 0.15) is 11.3 Å². The van der Waals surface area contributed by atoms with Crippen LogP contribution in [0.3, 0.4) is 0 Å². The van der Waals surface area contributed by atoms with Crippen molar-refractivity contribution in [2.75, 3.05) is 26.2 Å². The number of benzene rings is 2. The van der Waals surface area contributed by atoms with E-state index in [4.69, 9.17) is 4.74 Å². The van der Waals surface area contributed by atoms with E-state index in [-0.39, 0.29) is 30.3 Å². The summed E-state index contributed by atoms with van der Waals surface area (Å²) in [6, 6.07) is 11.2. The first-order valence-electron chi connectivity index (χ1n) is 11.6. The van der Waals surface area contributed by atoms with Gasteiger partial charge in [-0.25, -0.2) is 0 Å². The Morgan fingerprint density at radius 3 is 2.83 bits per heavy atom. The molecule has 0 spiro atoms. The summed E-state index contributed by atoms with van der Waals surface area (Å²) in [6.07, 6.45) is 1.87. The van der Waals surface area contributed by atoms with Crippen LogP contribution in [0.15, 0.2) is 42.1 Å². The summed E-state index contributed by atoms with van der Waals surface area (Å²) in [5.74, 6) is 0.755. The summed E-state index contributed by atoms with van der Waals surface area (Å²) in [6.45, 7) is 7.46. The minimum Gasteiger partial charge on any atom is -0.483 e. The lowest BCUT2D eigenvalue weighted by Gasteiger charge is -2.21. The number of nitrogens with zero attached hydrogens (tertiary/aromatic N) is 5. The molecule has 0 unspecified atom stereocenters. The Kier molecular flexibility index (Phi) is 5.73. The molecule has 2 aromatic carbocycles. The van der Waals surface area contributed by atoms with Gasteiger partial charge in [-0.15, -0.1) is 5.10 Å². The maximum atomic E-state index is 13.0. The molecule has 3 heterocycles. The molecule has 2 aliphatic heterocycles. The van der Waals surface area contributed by atoms with Crippen LogP contribution in [0.2, 0.25) is 0 Å². The number of carbonyl (C=O) groups is 2. The molecule has 9 heteroatoms. The minimum absolute atomic E-state index is 0.0641. The number of aromatic amines is 1. The van der Waals surface area contributed by atoms with Crippen LogP contribution >= 0.6 is 0 Å². The van der Waals surface area contributed by atoms with Gasteiger partial charge in [0, 0.05) is 37.3 Å². The molecule has 0 saturated carbocycles. The summed E-state index contributed by atoms with van der Waals surface area (Å²) in [4.78, 5) is 29.4. The first-order valence-corrected chi connectivity index (χ1v) is 11.6. The van der Waals surface area contributed by atoms with E-state index in [0.29, 0.717) is 42.0 Å². The van der Waals surface area contributed by atoms with E-state index >= 15 is 0 Å². The maximum Gasteiger partial charge on any atom is 0.260 e. The summed E-state index contributed by atoms with van der Waals surface area (Å²) in [5, 5.41) is 19.8. The van der Waals surface area contributed by atoms with Crippen LogP contribution in [0.25, 0.3) is 11.0 Å². The number of nitrogens with one attached hydrogen (secondary N) is 1. The number of likely N-dealkylation sites (tertiary alicyclic amines) is 1. The number of ether oxygens (including phenoxy) is 1. The van der Waals surface area contributed by atoms with Crippen molar-refractivity contribution < 1.29 is 14.3 Å². The highest BCUT2D eigenvalue weighted by atomic mass is 16.5. The SMILES string of the molecule is Cc1cc(OCC(=O)N2CC3=CN(C(=O)c4ccc5[nH]nnc5c4)C[C@@H]3C2)c(C(C)C)cc1C#N. The summed E-state index contributed by atoms with van der Waals surface area (Å²) < 4.78 is 5.92. The lowest BCUT2D eigenvalue weighted by Crippen LogP contribution is -2.35. The molecule has 9 nitrogen and oxygen atoms in total. The number of H-pyrrole nitrogens is 1. The molecule has 1 fully saturated rings. The van der Waals surface area contributed by atoms with E-state index in [1.165, 1.54) is 0 Å². The molecule has 1 saturated heterocycles. The Morgan fingerprint density at radius 1 is 1.26 bits per heavy atom. The van der Waals surface area contributed by atoms with E-state index in [1.807, 2.05) is 39.1 Å². The van der Waals surface area contributed by atoms with Crippen molar-refractivity contribution in [2.45, 2.75) is 26.7 Å². The summed E-state index contributed by atoms with van der Waals surface area (Å²) in [7, 11) is 0. The van der Waals surface area contributed by atoms with Crippen LogP contribution in [0, 0.1) is 24.2 Å². The van der Waals surface area contributed by atoms with Crippen molar-refractivity contribution in [1.29, 1.82) is 5.26 Å². The number of fused-ring (bicyclic) bond motifs is 2. The molecule has 35 heavy (non-hydrogen) atoms. The third kappa shape index (κ3) is 4.23. The monoisotopic (exact) mass is 470 g/mol. The van der Waals surface area contributed by atoms with Gasteiger partial charge in [0.25, 0.3) is 11.8 Å². The molecule has 178 valence electrons. The lowest BCUT2D eigenvalue weighted by atomic mass is 9.97. The molecule has 1 N–H and O–H groups in total. The van der Waals surface area contributed by atoms with Gasteiger partial charge < -0.3 is 14.5 Å². The highest BCUT2D eigenvalue weighted by Gasteiger charge is 2.37. The molecule has 0 bridgehead atoms. The number of aromatic nitrogens is 3. The first kappa shape index (κ1) is 22.6. The molecule has 0 aliphatic carbocycles. The quantitative estimate of drug-likeness (QED) is 0.613. The third-order valence-electron chi connectivity index (χ3n) is 6.71. The molecular weight excluding hydrogens is 444 g/mol. The molecule has 3 aromatic rings. The van der Waals surface area contributed by atoms with Crippen LogP contribution in [-0.2, 0) is 4.79 Å². The van der Waals surface area contributed by atoms with Crippen molar-refractivity contribution in [3.63, 3.8) is 0 Å². The Balaban J connectivity index is 1.22. The van der Waals surface area contributed by atoms with Gasteiger partial charge in [-0.1, -0.05) is 19.1 Å². The van der Waals surface area contributed by atoms with Crippen molar-refractivity contribution in [1.82, 2.24) is 25.2 Å². The van der Waals surface area contributed by atoms with Gasteiger partial charge >= 0.3 is 0 Å². The second-order valence-corrected chi connectivity index (χ2v) is 9.44. The van der Waals surface area contributed by atoms with Crippen LogP contribution in [-0.4, -0.2) is 63.3 Å². The van der Waals surface area contributed by atoms with Crippen LogP contribution in [0.1, 0.15) is 46.8 Å². The Hall–Kier alpha value is -4.19. The van der Waals surface area contributed by atoms with Crippen molar-refractivity contribution in [3.8, 4) is 11.8 Å². The van der Waals surface area contributed by atoms with Crippen molar-refractivity contribution in [2.24, 2.45) is 5.92 Å². The van der Waals surface area contributed by atoms with E-state index < -0.39 is 0 Å². The molecule has 1 atom stereocenters. The highest BCUT2D eigenvalue weighted by molar-refractivity contribution is 5.98. The van der Waals surface area contributed by atoms with E-state index in [0.717, 1.165) is 22.2 Å². The topological polar surface area (TPSA) is 115 Å². The number of rotatable bonds is 5.